The SMILES string of the molecule is CN(C)S(=O)(=O)c1ccc(N2CC[C@@H](O)C2)c(Br)c1. The van der Waals surface area contributed by atoms with Gasteiger partial charge in [0.05, 0.1) is 16.7 Å². The Bertz CT molecular complexity index is 574. The van der Waals surface area contributed by atoms with Crippen LogP contribution >= 0.6 is 15.9 Å². The van der Waals surface area contributed by atoms with Crippen molar-refractivity contribution in [1.29, 1.82) is 0 Å². The molecule has 1 fully saturated rings. The Labute approximate surface area is 122 Å². The predicted octanol–water partition coefficient (Wildman–Crippen LogP) is 1.27. The second-order valence-corrected chi connectivity index (χ2v) is 7.80. The molecule has 1 N–H and O–H groups in total. The van der Waals surface area contributed by atoms with Crippen molar-refractivity contribution in [1.82, 2.24) is 4.31 Å². The Hall–Kier alpha value is -0.630. The summed E-state index contributed by atoms with van der Waals surface area (Å²) in [6, 6.07) is 4.98. The van der Waals surface area contributed by atoms with Gasteiger partial charge >= 0.3 is 0 Å². The molecule has 1 atom stereocenters. The van der Waals surface area contributed by atoms with E-state index in [0.29, 0.717) is 6.54 Å². The number of aliphatic hydroxyl groups excluding tert-OH is 1. The van der Waals surface area contributed by atoms with Crippen molar-refractivity contribution in [3.8, 4) is 0 Å². The van der Waals surface area contributed by atoms with E-state index in [1.807, 2.05) is 4.90 Å². The minimum absolute atomic E-state index is 0.257. The van der Waals surface area contributed by atoms with E-state index >= 15 is 0 Å². The fourth-order valence-electron chi connectivity index (χ4n) is 2.08. The van der Waals surface area contributed by atoms with Crippen molar-refractivity contribution in [3.05, 3.63) is 22.7 Å². The lowest BCUT2D eigenvalue weighted by Gasteiger charge is -2.20. The van der Waals surface area contributed by atoms with Crippen molar-refractivity contribution in [2.45, 2.75) is 17.4 Å². The number of hydrogen-bond acceptors (Lipinski definition) is 4. The van der Waals surface area contributed by atoms with Crippen LogP contribution in [-0.2, 0) is 10.0 Å². The molecule has 1 heterocycles. The average molecular weight is 349 g/mol. The molecule has 0 amide bonds. The number of aliphatic hydroxyl groups is 1. The van der Waals surface area contributed by atoms with Gasteiger partial charge in [-0.25, -0.2) is 12.7 Å². The molecule has 0 radical (unpaired) electrons. The lowest BCUT2D eigenvalue weighted by Crippen LogP contribution is -2.23. The first-order valence-electron chi connectivity index (χ1n) is 5.97. The van der Waals surface area contributed by atoms with E-state index in [4.69, 9.17) is 0 Å². The normalized spacial score (nSPS) is 20.3. The van der Waals surface area contributed by atoms with Crippen LogP contribution in [-0.4, -0.2) is 51.1 Å². The maximum atomic E-state index is 12.0. The molecule has 106 valence electrons. The van der Waals surface area contributed by atoms with Gasteiger partial charge in [-0.3, -0.25) is 0 Å². The topological polar surface area (TPSA) is 60.9 Å². The van der Waals surface area contributed by atoms with Gasteiger partial charge in [-0.1, -0.05) is 0 Å². The first-order valence-corrected chi connectivity index (χ1v) is 8.21. The maximum absolute atomic E-state index is 12.0. The number of sulfonamides is 1. The molecule has 2 rings (SSSR count). The summed E-state index contributed by atoms with van der Waals surface area (Å²) in [5.74, 6) is 0. The number of anilines is 1. The molecule has 1 aromatic rings. The molecule has 5 nitrogen and oxygen atoms in total. The minimum atomic E-state index is -3.42. The predicted molar refractivity (Wildman–Crippen MR) is 77.9 cm³/mol. The standard InChI is InChI=1S/C12H17BrN2O3S/c1-14(2)19(17,18)10-3-4-12(11(13)7-10)15-6-5-9(16)8-15/h3-4,7,9,16H,5-6,8H2,1-2H3/t9-/m1/s1. The van der Waals surface area contributed by atoms with Gasteiger partial charge in [-0.2, -0.15) is 0 Å². The van der Waals surface area contributed by atoms with Crippen LogP contribution < -0.4 is 4.90 Å². The van der Waals surface area contributed by atoms with Crippen LogP contribution in [0.5, 0.6) is 0 Å². The third-order valence-electron chi connectivity index (χ3n) is 3.20. The largest absolute Gasteiger partial charge is 0.391 e. The minimum Gasteiger partial charge on any atom is -0.391 e. The molecule has 1 saturated heterocycles. The number of halogens is 1. The van der Waals surface area contributed by atoms with Crippen molar-refractivity contribution in [2.75, 3.05) is 32.1 Å². The van der Waals surface area contributed by atoms with Crippen molar-refractivity contribution in [2.24, 2.45) is 0 Å². The van der Waals surface area contributed by atoms with Crippen LogP contribution in [0.15, 0.2) is 27.6 Å². The third-order valence-corrected chi connectivity index (χ3v) is 5.65. The lowest BCUT2D eigenvalue weighted by molar-refractivity contribution is 0.198. The molecule has 0 spiro atoms. The summed E-state index contributed by atoms with van der Waals surface area (Å²) in [7, 11) is -0.399. The molecular formula is C12H17BrN2O3S. The molecule has 0 unspecified atom stereocenters. The molecule has 0 aromatic heterocycles. The van der Waals surface area contributed by atoms with Gasteiger partial charge in [-0.05, 0) is 40.5 Å². The Morgan fingerprint density at radius 1 is 1.42 bits per heavy atom. The van der Waals surface area contributed by atoms with Gasteiger partial charge in [0.15, 0.2) is 0 Å². The van der Waals surface area contributed by atoms with Crippen LogP contribution in [0.1, 0.15) is 6.42 Å². The van der Waals surface area contributed by atoms with Crippen LogP contribution in [0.4, 0.5) is 5.69 Å². The van der Waals surface area contributed by atoms with Gasteiger partial charge in [-0.15, -0.1) is 0 Å². The molecule has 1 aliphatic heterocycles. The van der Waals surface area contributed by atoms with E-state index < -0.39 is 10.0 Å². The van der Waals surface area contributed by atoms with Gasteiger partial charge < -0.3 is 10.0 Å². The summed E-state index contributed by atoms with van der Waals surface area (Å²) in [6.45, 7) is 1.36. The summed E-state index contributed by atoms with van der Waals surface area (Å²) in [5.41, 5.74) is 0.911. The zero-order valence-corrected chi connectivity index (χ0v) is 13.3. The summed E-state index contributed by atoms with van der Waals surface area (Å²) in [4.78, 5) is 2.30. The summed E-state index contributed by atoms with van der Waals surface area (Å²) in [6.07, 6.45) is 0.432. The number of rotatable bonds is 3. The first-order chi connectivity index (χ1) is 8.82. The maximum Gasteiger partial charge on any atom is 0.242 e. The van der Waals surface area contributed by atoms with Crippen LogP contribution in [0, 0.1) is 0 Å². The monoisotopic (exact) mass is 348 g/mol. The van der Waals surface area contributed by atoms with E-state index in [9.17, 15) is 13.5 Å². The zero-order chi connectivity index (χ0) is 14.2. The van der Waals surface area contributed by atoms with Crippen molar-refractivity contribution in [3.63, 3.8) is 0 Å². The second kappa shape index (κ2) is 5.40. The van der Waals surface area contributed by atoms with Crippen molar-refractivity contribution >= 4 is 31.6 Å². The molecule has 0 saturated carbocycles. The van der Waals surface area contributed by atoms with E-state index in [1.165, 1.54) is 18.4 Å². The van der Waals surface area contributed by atoms with Crippen molar-refractivity contribution < 1.29 is 13.5 Å². The molecule has 19 heavy (non-hydrogen) atoms. The van der Waals surface area contributed by atoms with Gasteiger partial charge in [0.2, 0.25) is 10.0 Å². The molecule has 1 aromatic carbocycles. The highest BCUT2D eigenvalue weighted by Gasteiger charge is 2.24. The Morgan fingerprint density at radius 3 is 2.58 bits per heavy atom. The fraction of sp³-hybridized carbons (Fsp3) is 0.500. The fourth-order valence-corrected chi connectivity index (χ4v) is 3.79. The van der Waals surface area contributed by atoms with Gasteiger partial charge in [0, 0.05) is 31.7 Å². The smallest absolute Gasteiger partial charge is 0.242 e. The van der Waals surface area contributed by atoms with E-state index in [1.54, 1.807) is 18.2 Å². The third kappa shape index (κ3) is 2.94. The Balaban J connectivity index is 2.33. The highest BCUT2D eigenvalue weighted by atomic mass is 79.9. The van der Waals surface area contributed by atoms with Crippen LogP contribution in [0.25, 0.3) is 0 Å². The summed E-state index contributed by atoms with van der Waals surface area (Å²) >= 11 is 3.41. The summed E-state index contributed by atoms with van der Waals surface area (Å²) < 4.78 is 26.0. The van der Waals surface area contributed by atoms with E-state index in [0.717, 1.165) is 23.1 Å². The first kappa shape index (κ1) is 14.8. The zero-order valence-electron chi connectivity index (χ0n) is 10.9. The van der Waals surface area contributed by atoms with Gasteiger partial charge in [0.1, 0.15) is 0 Å². The molecular weight excluding hydrogens is 332 g/mol. The Morgan fingerprint density at radius 2 is 2.11 bits per heavy atom. The highest BCUT2D eigenvalue weighted by Crippen LogP contribution is 2.31. The van der Waals surface area contributed by atoms with Crippen LogP contribution in [0.3, 0.4) is 0 Å². The number of hydrogen-bond donors (Lipinski definition) is 1. The molecule has 0 aliphatic carbocycles. The van der Waals surface area contributed by atoms with Crippen LogP contribution in [0.2, 0.25) is 0 Å². The van der Waals surface area contributed by atoms with Gasteiger partial charge in [0.25, 0.3) is 0 Å². The highest BCUT2D eigenvalue weighted by molar-refractivity contribution is 9.10. The lowest BCUT2D eigenvalue weighted by atomic mass is 10.3. The molecule has 1 aliphatic rings. The second-order valence-electron chi connectivity index (χ2n) is 4.79. The van der Waals surface area contributed by atoms with E-state index in [-0.39, 0.29) is 11.0 Å². The van der Waals surface area contributed by atoms with E-state index in [2.05, 4.69) is 15.9 Å². The molecule has 7 heteroatoms. The number of nitrogens with zero attached hydrogens (tertiary/aromatic N) is 2. The quantitative estimate of drug-likeness (QED) is 0.893. The number of β-amino-alcohol motifs (C(OH)–C–C–N with tert-alkyl or cyclic N) is 1. The average Bonchev–Trinajstić information content (AvgIpc) is 2.75. The molecule has 0 bridgehead atoms. The summed E-state index contributed by atoms with van der Waals surface area (Å²) in [5, 5.41) is 9.55. The number of benzene rings is 1. The Kier molecular flexibility index (Phi) is 4.20.